The highest BCUT2D eigenvalue weighted by molar-refractivity contribution is 9.08. The molecule has 0 aliphatic carbocycles. The molecule has 0 N–H and O–H groups in total. The van der Waals surface area contributed by atoms with Crippen LogP contribution in [0.3, 0.4) is 0 Å². The summed E-state index contributed by atoms with van der Waals surface area (Å²) >= 11 is 3.47. The summed E-state index contributed by atoms with van der Waals surface area (Å²) in [4.78, 5) is 0. The van der Waals surface area contributed by atoms with Crippen LogP contribution in [-0.2, 0) is 10.1 Å². The van der Waals surface area contributed by atoms with Crippen LogP contribution < -0.4 is 9.47 Å². The summed E-state index contributed by atoms with van der Waals surface area (Å²) < 4.78 is 16.8. The molecule has 0 spiro atoms. The van der Waals surface area contributed by atoms with Crippen molar-refractivity contribution in [1.29, 1.82) is 0 Å². The Bertz CT molecular complexity index is 353. The van der Waals surface area contributed by atoms with Crippen molar-refractivity contribution in [2.45, 2.75) is 30.7 Å². The Morgan fingerprint density at radius 2 is 2.33 bits per heavy atom. The van der Waals surface area contributed by atoms with Crippen molar-refractivity contribution in [1.82, 2.24) is 0 Å². The van der Waals surface area contributed by atoms with E-state index in [4.69, 9.17) is 14.2 Å². The van der Waals surface area contributed by atoms with Crippen LogP contribution in [-0.4, -0.2) is 26.4 Å². The number of para-hydroxylation sites is 1. The van der Waals surface area contributed by atoms with Crippen molar-refractivity contribution >= 4 is 15.9 Å². The molecule has 1 aliphatic rings. The second-order valence-corrected chi connectivity index (χ2v) is 4.92. The van der Waals surface area contributed by atoms with E-state index in [2.05, 4.69) is 15.9 Å². The number of hydrogen-bond donors (Lipinski definition) is 0. The van der Waals surface area contributed by atoms with Gasteiger partial charge in [0.15, 0.2) is 11.5 Å². The van der Waals surface area contributed by atoms with Gasteiger partial charge in [0, 0.05) is 23.9 Å². The quantitative estimate of drug-likeness (QED) is 0.752. The molecule has 0 saturated carbocycles. The SMILES string of the molecule is COc1cccc(CBr)c1OCCC1CCCO1. The van der Waals surface area contributed by atoms with Gasteiger partial charge in [0.1, 0.15) is 0 Å². The van der Waals surface area contributed by atoms with Crippen molar-refractivity contribution in [3.63, 3.8) is 0 Å². The van der Waals surface area contributed by atoms with Crippen LogP contribution in [0.25, 0.3) is 0 Å². The maximum absolute atomic E-state index is 5.88. The maximum atomic E-state index is 5.88. The average Bonchev–Trinajstić information content (AvgIpc) is 2.92. The van der Waals surface area contributed by atoms with E-state index in [1.54, 1.807) is 7.11 Å². The zero-order valence-electron chi connectivity index (χ0n) is 10.7. The van der Waals surface area contributed by atoms with Crippen molar-refractivity contribution in [3.05, 3.63) is 23.8 Å². The Labute approximate surface area is 117 Å². The molecule has 1 saturated heterocycles. The van der Waals surface area contributed by atoms with E-state index in [1.807, 2.05) is 18.2 Å². The van der Waals surface area contributed by atoms with Gasteiger partial charge in [-0.05, 0) is 18.9 Å². The Morgan fingerprint density at radius 1 is 1.44 bits per heavy atom. The van der Waals surface area contributed by atoms with Gasteiger partial charge in [0.25, 0.3) is 0 Å². The van der Waals surface area contributed by atoms with Crippen LogP contribution in [0.4, 0.5) is 0 Å². The highest BCUT2D eigenvalue weighted by atomic mass is 79.9. The maximum Gasteiger partial charge on any atom is 0.165 e. The third-order valence-corrected chi connectivity index (χ3v) is 3.74. The van der Waals surface area contributed by atoms with Gasteiger partial charge in [-0.25, -0.2) is 0 Å². The molecule has 1 atom stereocenters. The topological polar surface area (TPSA) is 27.7 Å². The molecule has 1 aliphatic heterocycles. The van der Waals surface area contributed by atoms with Gasteiger partial charge in [0.05, 0.1) is 19.8 Å². The van der Waals surface area contributed by atoms with Gasteiger partial charge < -0.3 is 14.2 Å². The Hall–Kier alpha value is -0.740. The van der Waals surface area contributed by atoms with Crippen molar-refractivity contribution in [2.24, 2.45) is 0 Å². The first-order valence-electron chi connectivity index (χ1n) is 6.31. The van der Waals surface area contributed by atoms with Gasteiger partial charge in [0.2, 0.25) is 0 Å². The molecule has 100 valence electrons. The van der Waals surface area contributed by atoms with Crippen LogP contribution in [0.15, 0.2) is 18.2 Å². The van der Waals surface area contributed by atoms with Gasteiger partial charge in [-0.2, -0.15) is 0 Å². The monoisotopic (exact) mass is 314 g/mol. The number of methoxy groups -OCH3 is 1. The van der Waals surface area contributed by atoms with E-state index < -0.39 is 0 Å². The van der Waals surface area contributed by atoms with Crippen LogP contribution in [0.5, 0.6) is 11.5 Å². The first-order valence-corrected chi connectivity index (χ1v) is 7.43. The lowest BCUT2D eigenvalue weighted by atomic mass is 10.2. The van der Waals surface area contributed by atoms with Crippen molar-refractivity contribution in [2.75, 3.05) is 20.3 Å². The zero-order valence-corrected chi connectivity index (χ0v) is 12.2. The largest absolute Gasteiger partial charge is 0.493 e. The zero-order chi connectivity index (χ0) is 12.8. The second-order valence-electron chi connectivity index (χ2n) is 4.35. The number of benzene rings is 1. The Morgan fingerprint density at radius 3 is 3.00 bits per heavy atom. The van der Waals surface area contributed by atoms with E-state index >= 15 is 0 Å². The number of halogens is 1. The fourth-order valence-electron chi connectivity index (χ4n) is 2.16. The first-order chi connectivity index (χ1) is 8.85. The molecule has 2 rings (SSSR count). The molecule has 18 heavy (non-hydrogen) atoms. The van der Waals surface area contributed by atoms with Crippen LogP contribution in [0.2, 0.25) is 0 Å². The second kappa shape index (κ2) is 7.00. The lowest BCUT2D eigenvalue weighted by Gasteiger charge is -2.15. The summed E-state index contributed by atoms with van der Waals surface area (Å²) in [5.41, 5.74) is 1.11. The highest BCUT2D eigenvalue weighted by Gasteiger charge is 2.16. The van der Waals surface area contributed by atoms with Crippen LogP contribution >= 0.6 is 15.9 Å². The minimum Gasteiger partial charge on any atom is -0.493 e. The van der Waals surface area contributed by atoms with Gasteiger partial charge >= 0.3 is 0 Å². The number of rotatable bonds is 6. The first kappa shape index (κ1) is 13.7. The molecular formula is C14H19BrO3. The molecular weight excluding hydrogens is 296 g/mol. The molecule has 0 aromatic heterocycles. The molecule has 0 amide bonds. The average molecular weight is 315 g/mol. The third kappa shape index (κ3) is 3.39. The van der Waals surface area contributed by atoms with E-state index in [9.17, 15) is 0 Å². The molecule has 3 nitrogen and oxygen atoms in total. The smallest absolute Gasteiger partial charge is 0.165 e. The molecule has 1 heterocycles. The summed E-state index contributed by atoms with van der Waals surface area (Å²) in [6, 6.07) is 5.94. The minimum atomic E-state index is 0.368. The molecule has 1 aromatic rings. The van der Waals surface area contributed by atoms with Gasteiger partial charge in [-0.15, -0.1) is 0 Å². The molecule has 1 unspecified atom stereocenters. The van der Waals surface area contributed by atoms with Crippen LogP contribution in [0, 0.1) is 0 Å². The summed E-state index contributed by atoms with van der Waals surface area (Å²) in [6.07, 6.45) is 3.64. The van der Waals surface area contributed by atoms with E-state index in [0.29, 0.717) is 12.7 Å². The highest BCUT2D eigenvalue weighted by Crippen LogP contribution is 2.32. The summed E-state index contributed by atoms with van der Waals surface area (Å²) in [7, 11) is 1.67. The van der Waals surface area contributed by atoms with Crippen molar-refractivity contribution in [3.8, 4) is 11.5 Å². The fraction of sp³-hybridized carbons (Fsp3) is 0.571. The molecule has 1 fully saturated rings. The fourth-order valence-corrected chi connectivity index (χ4v) is 2.60. The van der Waals surface area contributed by atoms with Crippen molar-refractivity contribution < 1.29 is 14.2 Å². The predicted octanol–water partition coefficient (Wildman–Crippen LogP) is 3.54. The summed E-state index contributed by atoms with van der Waals surface area (Å²) in [5.74, 6) is 1.63. The minimum absolute atomic E-state index is 0.368. The number of hydrogen-bond acceptors (Lipinski definition) is 3. The van der Waals surface area contributed by atoms with E-state index in [1.165, 1.54) is 6.42 Å². The normalized spacial score (nSPS) is 18.9. The van der Waals surface area contributed by atoms with Gasteiger partial charge in [-0.3, -0.25) is 0 Å². The standard InChI is InChI=1S/C14H19BrO3/c1-16-13-6-2-4-11(10-15)14(13)18-9-7-12-5-3-8-17-12/h2,4,6,12H,3,5,7-10H2,1H3. The van der Waals surface area contributed by atoms with E-state index in [-0.39, 0.29) is 0 Å². The van der Waals surface area contributed by atoms with Gasteiger partial charge in [-0.1, -0.05) is 28.1 Å². The predicted molar refractivity (Wildman–Crippen MR) is 74.7 cm³/mol. The lowest BCUT2D eigenvalue weighted by molar-refractivity contribution is 0.0897. The summed E-state index contributed by atoms with van der Waals surface area (Å²) in [5, 5.41) is 0.763. The summed E-state index contributed by atoms with van der Waals surface area (Å²) in [6.45, 7) is 1.57. The number of alkyl halides is 1. The number of ether oxygens (including phenoxy) is 3. The molecule has 4 heteroatoms. The molecule has 0 radical (unpaired) electrons. The molecule has 0 bridgehead atoms. The third-order valence-electron chi connectivity index (χ3n) is 3.13. The lowest BCUT2D eigenvalue weighted by Crippen LogP contribution is -2.11. The van der Waals surface area contributed by atoms with E-state index in [0.717, 1.165) is 41.8 Å². The molecule has 1 aromatic carbocycles. The van der Waals surface area contributed by atoms with Crippen LogP contribution in [0.1, 0.15) is 24.8 Å². The Balaban J connectivity index is 1.94. The Kier molecular flexibility index (Phi) is 5.32.